The van der Waals surface area contributed by atoms with Crippen LogP contribution in [0.3, 0.4) is 0 Å². The molecule has 9 nitrogen and oxygen atoms in total. The highest BCUT2D eigenvalue weighted by Crippen LogP contribution is 2.71. The number of rotatable bonds is 8. The van der Waals surface area contributed by atoms with E-state index >= 15 is 0 Å². The summed E-state index contributed by atoms with van der Waals surface area (Å²) in [7, 11) is 0. The van der Waals surface area contributed by atoms with Crippen molar-refractivity contribution in [1.29, 1.82) is 0 Å². The minimum Gasteiger partial charge on any atom is -0.396 e. The number of hydrogen-bond acceptors (Lipinski definition) is 9. The van der Waals surface area contributed by atoms with Gasteiger partial charge in [-0.1, -0.05) is 45.8 Å². The van der Waals surface area contributed by atoms with E-state index in [1.165, 1.54) is 11.1 Å². The summed E-state index contributed by atoms with van der Waals surface area (Å²) in [6, 6.07) is 0. The highest BCUT2D eigenvalue weighted by molar-refractivity contribution is 5.87. The van der Waals surface area contributed by atoms with E-state index in [2.05, 4.69) is 27.7 Å². The predicted octanol–water partition coefficient (Wildman–Crippen LogP) is 3.32. The van der Waals surface area contributed by atoms with Crippen molar-refractivity contribution in [2.24, 2.45) is 45.8 Å². The van der Waals surface area contributed by atoms with E-state index in [1.54, 1.807) is 13.8 Å². The quantitative estimate of drug-likeness (QED) is 0.257. The number of fused-ring (bicyclic) bond motifs is 4. The molecule has 3 saturated carbocycles. The van der Waals surface area contributed by atoms with Crippen molar-refractivity contribution in [3.8, 4) is 0 Å². The fourth-order valence-electron chi connectivity index (χ4n) is 10.7. The zero-order chi connectivity index (χ0) is 32.6. The molecule has 1 aliphatic heterocycles. The Morgan fingerprint density at radius 3 is 2.34 bits per heavy atom. The third kappa shape index (κ3) is 5.56. The van der Waals surface area contributed by atoms with E-state index < -0.39 is 30.2 Å². The molecule has 44 heavy (non-hydrogen) atoms. The molecular formula is C35H56O9. The van der Waals surface area contributed by atoms with Crippen LogP contribution in [-0.2, 0) is 19.1 Å². The smallest absolute Gasteiger partial charge is 0.186 e. The molecule has 1 heterocycles. The van der Waals surface area contributed by atoms with Gasteiger partial charge in [0.1, 0.15) is 29.9 Å². The van der Waals surface area contributed by atoms with Gasteiger partial charge >= 0.3 is 0 Å². The molecule has 0 spiro atoms. The van der Waals surface area contributed by atoms with E-state index in [9.17, 15) is 35.1 Å². The van der Waals surface area contributed by atoms with Crippen LogP contribution in [-0.4, -0.2) is 86.6 Å². The number of allylic oxidation sites excluding steroid dienone is 1. The molecule has 0 aromatic carbocycles. The Bertz CT molecular complexity index is 1160. The van der Waals surface area contributed by atoms with Gasteiger partial charge in [-0.3, -0.25) is 9.59 Å². The van der Waals surface area contributed by atoms with Gasteiger partial charge in [-0.15, -0.1) is 0 Å². The third-order valence-corrected chi connectivity index (χ3v) is 12.8. The number of ether oxygens (including phenoxy) is 2. The van der Waals surface area contributed by atoms with Crippen LogP contribution in [0.15, 0.2) is 11.1 Å². The van der Waals surface area contributed by atoms with Crippen molar-refractivity contribution in [2.75, 3.05) is 13.2 Å². The van der Waals surface area contributed by atoms with Crippen molar-refractivity contribution in [1.82, 2.24) is 0 Å². The molecule has 0 amide bonds. The maximum Gasteiger partial charge on any atom is 0.186 e. The van der Waals surface area contributed by atoms with Gasteiger partial charge in [-0.2, -0.15) is 0 Å². The van der Waals surface area contributed by atoms with Gasteiger partial charge in [-0.05, 0) is 80.0 Å². The fraction of sp³-hybridized carbons (Fsp3) is 0.886. The average molecular weight is 621 g/mol. The lowest BCUT2D eigenvalue weighted by molar-refractivity contribution is -0.296. The van der Waals surface area contributed by atoms with Crippen LogP contribution in [0, 0.1) is 45.8 Å². The molecule has 0 unspecified atom stereocenters. The normalized spacial score (nSPS) is 44.5. The minimum absolute atomic E-state index is 0.0172. The molecule has 4 aliphatic carbocycles. The predicted molar refractivity (Wildman–Crippen MR) is 163 cm³/mol. The largest absolute Gasteiger partial charge is 0.396 e. The van der Waals surface area contributed by atoms with Crippen LogP contribution in [0.25, 0.3) is 0 Å². The lowest BCUT2D eigenvalue weighted by atomic mass is 9.44. The van der Waals surface area contributed by atoms with Crippen LogP contribution in [0.2, 0.25) is 0 Å². The topological polar surface area (TPSA) is 154 Å². The van der Waals surface area contributed by atoms with Crippen molar-refractivity contribution in [3.63, 3.8) is 0 Å². The van der Waals surface area contributed by atoms with Crippen LogP contribution in [0.1, 0.15) is 99.8 Å². The van der Waals surface area contributed by atoms with E-state index in [1.807, 2.05) is 6.92 Å². The van der Waals surface area contributed by atoms with Crippen molar-refractivity contribution < 1.29 is 44.6 Å². The van der Waals surface area contributed by atoms with E-state index in [0.29, 0.717) is 19.3 Å². The summed E-state index contributed by atoms with van der Waals surface area (Å²) < 4.78 is 11.9. The molecule has 5 N–H and O–H groups in total. The van der Waals surface area contributed by atoms with Gasteiger partial charge in [0.15, 0.2) is 6.29 Å². The van der Waals surface area contributed by atoms with Gasteiger partial charge in [-0.25, -0.2) is 0 Å². The van der Waals surface area contributed by atoms with Gasteiger partial charge in [0.05, 0.1) is 18.3 Å². The Hall–Kier alpha value is -1.20. The van der Waals surface area contributed by atoms with Crippen LogP contribution >= 0.6 is 0 Å². The minimum atomic E-state index is -1.33. The number of ketones is 2. The molecule has 5 rings (SSSR count). The number of aliphatic hydroxyl groups excluding tert-OH is 4. The summed E-state index contributed by atoms with van der Waals surface area (Å²) in [6.45, 7) is 14.1. The Kier molecular flexibility index (Phi) is 9.15. The molecular weight excluding hydrogens is 564 g/mol. The molecule has 1 saturated heterocycles. The van der Waals surface area contributed by atoms with Gasteiger partial charge in [0.2, 0.25) is 0 Å². The Labute approximate surface area is 262 Å². The van der Waals surface area contributed by atoms with E-state index in [-0.39, 0.29) is 89.6 Å². The fourth-order valence-corrected chi connectivity index (χ4v) is 10.7. The second kappa shape index (κ2) is 11.8. The van der Waals surface area contributed by atoms with Crippen LogP contribution in [0.5, 0.6) is 0 Å². The summed E-state index contributed by atoms with van der Waals surface area (Å²) in [4.78, 5) is 26.8. The second-order valence-corrected chi connectivity index (χ2v) is 16.6. The molecule has 4 fully saturated rings. The van der Waals surface area contributed by atoms with Gasteiger partial charge in [0.25, 0.3) is 0 Å². The lowest BCUT2D eigenvalue weighted by Gasteiger charge is -2.61. The Morgan fingerprint density at radius 2 is 1.70 bits per heavy atom. The highest BCUT2D eigenvalue weighted by Gasteiger charge is 2.67. The van der Waals surface area contributed by atoms with E-state index in [4.69, 9.17) is 9.47 Å². The zero-order valence-corrected chi connectivity index (χ0v) is 27.7. The summed E-state index contributed by atoms with van der Waals surface area (Å²) in [6.07, 6.45) is -0.213. The lowest BCUT2D eigenvalue weighted by Crippen LogP contribution is -2.57. The van der Waals surface area contributed by atoms with Crippen LogP contribution < -0.4 is 0 Å². The SMILES string of the molecule is C[C@H](CC(=O)CC(C)(C)O)[C@@H]1C(=O)C[C@@]2(C)[C@@H]3CC[C@@H]4C(=C3[C@@H](CO)C[C@]12C)CC[C@H](O[C@@H]1OC[C@H](O)[C@H](O)[C@H]1O)C4(C)C. The first-order chi connectivity index (χ1) is 20.4. The van der Waals surface area contributed by atoms with Crippen molar-refractivity contribution in [3.05, 3.63) is 11.1 Å². The first-order valence-corrected chi connectivity index (χ1v) is 16.8. The molecule has 5 aliphatic rings. The number of aliphatic hydroxyl groups is 5. The molecule has 0 aromatic heterocycles. The maximum absolute atomic E-state index is 13.9. The molecule has 0 aromatic rings. The van der Waals surface area contributed by atoms with Gasteiger partial charge in [0, 0.05) is 37.7 Å². The standard InChI is InChI=1S/C35H56O9/c1-18(12-20(37)14-32(2,3)42)28-24(38)15-34(6)23-10-9-22-21(27(23)19(16-36)13-35(28,34)7)8-11-26(33(22,4)5)44-31-30(41)29(40)25(39)17-43-31/h18-19,22-23,25-26,28-31,36,39-42H,8-17H2,1-7H3/t18-,19-,22-,23-,25+,26+,28-,29+,30-,31+,34+,35-/m1/s1. The first kappa shape index (κ1) is 34.1. The second-order valence-electron chi connectivity index (χ2n) is 16.6. The number of Topliss-reactive ketones (excluding diaryl/α,β-unsaturated/α-hetero) is 2. The Balaban J connectivity index is 1.41. The molecule has 9 heteroatoms. The zero-order valence-electron chi connectivity index (χ0n) is 27.7. The highest BCUT2D eigenvalue weighted by atomic mass is 16.7. The summed E-state index contributed by atoms with van der Waals surface area (Å²) in [5.41, 5.74) is 0.701. The van der Waals surface area contributed by atoms with Gasteiger partial charge < -0.3 is 35.0 Å². The van der Waals surface area contributed by atoms with Crippen LogP contribution in [0.4, 0.5) is 0 Å². The molecule has 0 radical (unpaired) electrons. The average Bonchev–Trinajstić information content (AvgIpc) is 3.12. The molecule has 0 bridgehead atoms. The maximum atomic E-state index is 13.9. The first-order valence-electron chi connectivity index (χ1n) is 16.8. The summed E-state index contributed by atoms with van der Waals surface area (Å²) in [5, 5.41) is 51.6. The number of hydrogen-bond donors (Lipinski definition) is 5. The van der Waals surface area contributed by atoms with Crippen molar-refractivity contribution in [2.45, 2.75) is 136 Å². The van der Waals surface area contributed by atoms with Crippen molar-refractivity contribution >= 4 is 11.6 Å². The summed E-state index contributed by atoms with van der Waals surface area (Å²) >= 11 is 0. The van der Waals surface area contributed by atoms with E-state index in [0.717, 1.165) is 19.3 Å². The number of carbonyl (C=O) groups is 2. The monoisotopic (exact) mass is 620 g/mol. The third-order valence-electron chi connectivity index (χ3n) is 12.8. The Morgan fingerprint density at radius 1 is 1.05 bits per heavy atom. The molecule has 250 valence electrons. The molecule has 12 atom stereocenters. The summed E-state index contributed by atoms with van der Waals surface area (Å²) in [5.74, 6) is 0.107. The number of carbonyl (C=O) groups excluding carboxylic acids is 2.